The second kappa shape index (κ2) is 2.23. The molecule has 0 unspecified atom stereocenters. The zero-order valence-corrected chi connectivity index (χ0v) is 5.59. The van der Waals surface area contributed by atoms with Crippen LogP contribution in [0.5, 0.6) is 0 Å². The van der Waals surface area contributed by atoms with Crippen LogP contribution in [0, 0.1) is 0 Å². The Labute approximate surface area is 48.4 Å². The van der Waals surface area contributed by atoms with E-state index in [4.69, 9.17) is 9.66 Å². The van der Waals surface area contributed by atoms with Crippen LogP contribution < -0.4 is 0 Å². The summed E-state index contributed by atoms with van der Waals surface area (Å²) in [5, 5.41) is 7.95. The molecule has 50 valence electrons. The molecule has 0 aromatic rings. The van der Waals surface area contributed by atoms with Crippen LogP contribution in [0.4, 0.5) is 4.79 Å². The minimum atomic E-state index is -2.45. The molecular weight excluding hydrogens is 130 g/mol. The van der Waals surface area contributed by atoms with E-state index in [0.29, 0.717) is 0 Å². The van der Waals surface area contributed by atoms with Gasteiger partial charge in [0, 0.05) is 0 Å². The molecule has 0 aromatic heterocycles. The molecule has 0 aliphatic rings. The van der Waals surface area contributed by atoms with Gasteiger partial charge in [0.05, 0.1) is 0 Å². The van der Waals surface area contributed by atoms with Crippen LogP contribution in [-0.2, 0) is 10.1 Å². The predicted molar refractivity (Wildman–Crippen MR) is 33.7 cm³/mol. The lowest BCUT2D eigenvalue weighted by molar-refractivity contribution is 0.206. The van der Waals surface area contributed by atoms with Crippen molar-refractivity contribution in [1.29, 1.82) is 0 Å². The first-order valence-electron chi connectivity index (χ1n) is 1.95. The normalized spacial score (nSPS) is 12.9. The summed E-state index contributed by atoms with van der Waals surface area (Å²) in [4.78, 5) is 9.72. The molecule has 5 heteroatoms. The molecular formula is C3H9NO3S. The molecule has 0 rings (SSSR count). The van der Waals surface area contributed by atoms with Crippen molar-refractivity contribution >= 4 is 16.2 Å². The van der Waals surface area contributed by atoms with E-state index in [-0.39, 0.29) is 0 Å². The van der Waals surface area contributed by atoms with Gasteiger partial charge in [-0.3, -0.25) is 0 Å². The molecule has 0 aliphatic carbocycles. The van der Waals surface area contributed by atoms with Crippen molar-refractivity contribution in [3.05, 3.63) is 0 Å². The molecule has 0 aromatic carbocycles. The van der Waals surface area contributed by atoms with E-state index < -0.39 is 16.2 Å². The first kappa shape index (κ1) is 7.58. The monoisotopic (exact) mass is 139 g/mol. The van der Waals surface area contributed by atoms with Gasteiger partial charge in [-0.15, -0.1) is 10.1 Å². The highest BCUT2D eigenvalue weighted by Crippen LogP contribution is 1.91. The van der Waals surface area contributed by atoms with Gasteiger partial charge in [-0.1, -0.05) is 0 Å². The van der Waals surface area contributed by atoms with Gasteiger partial charge in [-0.25, -0.2) is 4.79 Å². The van der Waals surface area contributed by atoms with E-state index in [0.717, 1.165) is 0 Å². The fourth-order valence-corrected chi connectivity index (χ4v) is 0.628. The topological polar surface area (TPSA) is 69.9 Å². The maximum Gasteiger partial charge on any atom is 0.437 e. The Hall–Kier alpha value is -0.420. The summed E-state index contributed by atoms with van der Waals surface area (Å²) >= 11 is 0. The van der Waals surface area contributed by atoms with Gasteiger partial charge >= 0.3 is 6.09 Å². The van der Waals surface area contributed by atoms with Crippen LogP contribution in [0.3, 0.4) is 0 Å². The average molecular weight is 139 g/mol. The summed E-state index contributed by atoms with van der Waals surface area (Å²) in [6.45, 7) is 0. The van der Waals surface area contributed by atoms with Crippen LogP contribution in [0.1, 0.15) is 0 Å². The van der Waals surface area contributed by atoms with Gasteiger partial charge < -0.3 is 9.66 Å². The maximum atomic E-state index is 9.72. The summed E-state index contributed by atoms with van der Waals surface area (Å²) < 4.78 is 11.7. The predicted octanol–water partition coefficient (Wildman–Crippen LogP) is 0.467. The van der Waals surface area contributed by atoms with Crippen molar-refractivity contribution in [2.75, 3.05) is 12.5 Å². The smallest absolute Gasteiger partial charge is 0.437 e. The molecule has 0 saturated heterocycles. The largest absolute Gasteiger partial charge is 0.463 e. The van der Waals surface area contributed by atoms with E-state index in [9.17, 15) is 4.79 Å². The number of thiol groups is 1. The van der Waals surface area contributed by atoms with Crippen molar-refractivity contribution < 1.29 is 14.5 Å². The SMILES string of the molecule is C[SH](C)(O)=NC(=O)O. The Morgan fingerprint density at radius 2 is 2.00 bits per heavy atom. The molecule has 0 radical (unpaired) electrons. The van der Waals surface area contributed by atoms with E-state index in [1.54, 1.807) is 0 Å². The fraction of sp³-hybridized carbons (Fsp3) is 0.667. The third-order valence-electron chi connectivity index (χ3n) is 0.330. The Bertz CT molecular complexity index is 138. The highest BCUT2D eigenvalue weighted by molar-refractivity contribution is 7.98. The number of nitrogens with zero attached hydrogens (tertiary/aromatic N) is 1. The molecule has 1 amide bonds. The lowest BCUT2D eigenvalue weighted by atomic mass is 11.3. The maximum absolute atomic E-state index is 9.72. The Morgan fingerprint density at radius 1 is 1.62 bits per heavy atom. The quantitative estimate of drug-likeness (QED) is 0.427. The second-order valence-corrected chi connectivity index (χ2v) is 4.59. The molecule has 0 aliphatic heterocycles. The number of hydrogen-bond donors (Lipinski definition) is 3. The van der Waals surface area contributed by atoms with Gasteiger partial charge in [0.2, 0.25) is 0 Å². The van der Waals surface area contributed by atoms with Crippen molar-refractivity contribution in [2.24, 2.45) is 4.36 Å². The Balaban J connectivity index is 4.17. The molecule has 0 heterocycles. The summed E-state index contributed by atoms with van der Waals surface area (Å²) in [6.07, 6.45) is 1.51. The van der Waals surface area contributed by atoms with Crippen molar-refractivity contribution in [1.82, 2.24) is 0 Å². The zero-order chi connectivity index (χ0) is 6.78. The minimum Gasteiger partial charge on any atom is -0.463 e. The summed E-state index contributed by atoms with van der Waals surface area (Å²) in [5.74, 6) is 0. The van der Waals surface area contributed by atoms with Gasteiger partial charge in [-0.05, 0) is 12.5 Å². The number of hydrogen-bond acceptors (Lipinski definition) is 1. The molecule has 0 atom stereocenters. The van der Waals surface area contributed by atoms with E-state index in [1.807, 2.05) is 0 Å². The van der Waals surface area contributed by atoms with Crippen LogP contribution in [0.15, 0.2) is 4.36 Å². The van der Waals surface area contributed by atoms with Crippen LogP contribution >= 0.6 is 0 Å². The van der Waals surface area contributed by atoms with Crippen molar-refractivity contribution in [3.8, 4) is 0 Å². The third-order valence-corrected chi connectivity index (χ3v) is 0.991. The second-order valence-electron chi connectivity index (χ2n) is 1.72. The minimum absolute atomic E-state index is 1.30. The van der Waals surface area contributed by atoms with E-state index in [1.165, 1.54) is 12.5 Å². The van der Waals surface area contributed by atoms with Crippen LogP contribution in [-0.4, -0.2) is 28.3 Å². The van der Waals surface area contributed by atoms with Crippen molar-refractivity contribution in [2.45, 2.75) is 0 Å². The van der Waals surface area contributed by atoms with Crippen LogP contribution in [0.2, 0.25) is 0 Å². The standard InChI is InChI=1S/C3H9NO3S/c1-8(2,7)4-3(5)6/h8H,1-2H3,(H,4,7)(H,5,6). The molecule has 2 N–H and O–H groups in total. The molecule has 0 spiro atoms. The fourth-order valence-electron chi connectivity index (χ4n) is 0.209. The van der Waals surface area contributed by atoms with E-state index >= 15 is 0 Å². The first-order chi connectivity index (χ1) is 3.42. The molecule has 8 heavy (non-hydrogen) atoms. The number of carbonyl (C=O) groups is 1. The lowest BCUT2D eigenvalue weighted by Crippen LogP contribution is -2.05. The zero-order valence-electron chi connectivity index (χ0n) is 4.70. The summed E-state index contributed by atoms with van der Waals surface area (Å²) in [5.41, 5.74) is 0. The summed E-state index contributed by atoms with van der Waals surface area (Å²) in [6, 6.07) is 0. The highest BCUT2D eigenvalue weighted by Gasteiger charge is 1.93. The Kier molecular flexibility index (Phi) is 2.12. The van der Waals surface area contributed by atoms with Gasteiger partial charge in [-0.2, -0.15) is 4.36 Å². The first-order valence-corrected chi connectivity index (χ1v) is 4.53. The molecule has 0 fully saturated rings. The molecule has 0 bridgehead atoms. The number of amides is 1. The molecule has 4 nitrogen and oxygen atoms in total. The summed E-state index contributed by atoms with van der Waals surface area (Å²) in [7, 11) is -2.45. The van der Waals surface area contributed by atoms with Gasteiger partial charge in [0.25, 0.3) is 0 Å². The van der Waals surface area contributed by atoms with Gasteiger partial charge in [0.15, 0.2) is 0 Å². The third kappa shape index (κ3) is 5.58. The lowest BCUT2D eigenvalue weighted by Gasteiger charge is -2.05. The average Bonchev–Trinajstić information content (AvgIpc) is 1.21. The van der Waals surface area contributed by atoms with E-state index in [2.05, 4.69) is 4.36 Å². The number of rotatable bonds is 0. The Morgan fingerprint density at radius 3 is 2.00 bits per heavy atom. The van der Waals surface area contributed by atoms with Crippen LogP contribution in [0.25, 0.3) is 0 Å². The molecule has 0 saturated carbocycles. The number of carboxylic acid groups (broad SMARTS) is 1. The highest BCUT2D eigenvalue weighted by atomic mass is 32.3. The van der Waals surface area contributed by atoms with Gasteiger partial charge in [0.1, 0.15) is 0 Å². The van der Waals surface area contributed by atoms with Crippen molar-refractivity contribution in [3.63, 3.8) is 0 Å².